The third-order valence-corrected chi connectivity index (χ3v) is 2.71. The van der Waals surface area contributed by atoms with Gasteiger partial charge in [0.15, 0.2) is 0 Å². The lowest BCUT2D eigenvalue weighted by Crippen LogP contribution is -2.33. The number of hydrogen-bond donors (Lipinski definition) is 2. The Labute approximate surface area is 95.8 Å². The molecule has 5 heteroatoms. The molecule has 1 aromatic rings. The van der Waals surface area contributed by atoms with Gasteiger partial charge in [0.25, 0.3) is 0 Å². The van der Waals surface area contributed by atoms with Crippen LogP contribution in [-0.4, -0.2) is 9.78 Å². The monoisotopic (exact) mass is 230 g/mol. The number of rotatable bonds is 4. The highest BCUT2D eigenvalue weighted by Crippen LogP contribution is 2.29. The largest absolute Gasteiger partial charge is 0.271 e. The van der Waals surface area contributed by atoms with E-state index in [9.17, 15) is 0 Å². The molecular weight excluding hydrogens is 212 g/mol. The van der Waals surface area contributed by atoms with Crippen molar-refractivity contribution in [2.24, 2.45) is 11.8 Å². The fourth-order valence-corrected chi connectivity index (χ4v) is 1.89. The maximum atomic E-state index is 6.13. The van der Waals surface area contributed by atoms with E-state index in [1.165, 1.54) is 0 Å². The highest BCUT2D eigenvalue weighted by Gasteiger charge is 2.23. The Hall–Kier alpha value is -0.580. The lowest BCUT2D eigenvalue weighted by Gasteiger charge is -2.23. The molecule has 86 valence electrons. The van der Waals surface area contributed by atoms with Crippen LogP contribution in [0.15, 0.2) is 6.20 Å². The summed E-state index contributed by atoms with van der Waals surface area (Å²) in [6.07, 6.45) is 1.67. The summed E-state index contributed by atoms with van der Waals surface area (Å²) in [6, 6.07) is 0.310. The van der Waals surface area contributed by atoms with Gasteiger partial charge in [-0.2, -0.15) is 5.10 Å². The highest BCUT2D eigenvalue weighted by molar-refractivity contribution is 6.31. The maximum Gasteiger partial charge on any atom is 0.0834 e. The fourth-order valence-electron chi connectivity index (χ4n) is 1.64. The van der Waals surface area contributed by atoms with E-state index >= 15 is 0 Å². The number of nitrogens with two attached hydrogens (primary N) is 1. The SMILES string of the molecule is CC(C)C(NN)c1c(Cl)cnn1C(C)C. The van der Waals surface area contributed by atoms with E-state index in [0.717, 1.165) is 5.69 Å². The summed E-state index contributed by atoms with van der Waals surface area (Å²) in [5.41, 5.74) is 3.76. The first-order valence-electron chi connectivity index (χ1n) is 5.18. The topological polar surface area (TPSA) is 55.9 Å². The quantitative estimate of drug-likeness (QED) is 0.616. The number of aromatic nitrogens is 2. The van der Waals surface area contributed by atoms with Crippen LogP contribution < -0.4 is 11.3 Å². The van der Waals surface area contributed by atoms with Crippen molar-refractivity contribution in [3.8, 4) is 0 Å². The zero-order valence-corrected chi connectivity index (χ0v) is 10.4. The second-order valence-electron chi connectivity index (χ2n) is 4.30. The molecule has 0 fully saturated rings. The lowest BCUT2D eigenvalue weighted by molar-refractivity contribution is 0.376. The van der Waals surface area contributed by atoms with Gasteiger partial charge < -0.3 is 0 Å². The third kappa shape index (κ3) is 2.51. The van der Waals surface area contributed by atoms with Crippen LogP contribution >= 0.6 is 11.6 Å². The highest BCUT2D eigenvalue weighted by atomic mass is 35.5. The van der Waals surface area contributed by atoms with Gasteiger partial charge in [-0.15, -0.1) is 0 Å². The Bertz CT molecular complexity index is 319. The van der Waals surface area contributed by atoms with E-state index in [1.54, 1.807) is 6.20 Å². The average Bonchev–Trinajstić information content (AvgIpc) is 2.49. The molecule has 1 rings (SSSR count). The number of nitrogens with one attached hydrogen (secondary N) is 1. The number of hydrazine groups is 1. The third-order valence-electron chi connectivity index (χ3n) is 2.42. The van der Waals surface area contributed by atoms with Crippen LogP contribution in [-0.2, 0) is 0 Å². The minimum Gasteiger partial charge on any atom is -0.271 e. The molecule has 0 aromatic carbocycles. The van der Waals surface area contributed by atoms with E-state index in [0.29, 0.717) is 10.9 Å². The van der Waals surface area contributed by atoms with E-state index in [4.69, 9.17) is 17.4 Å². The zero-order valence-electron chi connectivity index (χ0n) is 9.66. The smallest absolute Gasteiger partial charge is 0.0834 e. The summed E-state index contributed by atoms with van der Waals surface area (Å²) >= 11 is 6.13. The van der Waals surface area contributed by atoms with Crippen LogP contribution in [0.4, 0.5) is 0 Å². The van der Waals surface area contributed by atoms with E-state index < -0.39 is 0 Å². The Morgan fingerprint density at radius 3 is 2.40 bits per heavy atom. The Kier molecular flexibility index (Phi) is 4.13. The minimum atomic E-state index is 0.0300. The second kappa shape index (κ2) is 4.96. The molecule has 0 amide bonds. The summed E-state index contributed by atoms with van der Waals surface area (Å²) < 4.78 is 1.91. The second-order valence-corrected chi connectivity index (χ2v) is 4.71. The van der Waals surface area contributed by atoms with Crippen molar-refractivity contribution in [2.45, 2.75) is 39.8 Å². The first kappa shape index (κ1) is 12.5. The molecular formula is C10H19ClN4. The molecule has 1 atom stereocenters. The molecule has 0 saturated carbocycles. The van der Waals surface area contributed by atoms with Crippen molar-refractivity contribution in [1.29, 1.82) is 0 Å². The Morgan fingerprint density at radius 1 is 1.40 bits per heavy atom. The summed E-state index contributed by atoms with van der Waals surface area (Å²) in [7, 11) is 0. The molecule has 1 heterocycles. The van der Waals surface area contributed by atoms with Crippen molar-refractivity contribution in [3.63, 3.8) is 0 Å². The van der Waals surface area contributed by atoms with Crippen molar-refractivity contribution < 1.29 is 0 Å². The van der Waals surface area contributed by atoms with Crippen molar-refractivity contribution in [3.05, 3.63) is 16.9 Å². The van der Waals surface area contributed by atoms with Crippen LogP contribution in [0.1, 0.15) is 45.5 Å². The van der Waals surface area contributed by atoms with Gasteiger partial charge in [0.05, 0.1) is 23.0 Å². The molecule has 0 aliphatic heterocycles. The van der Waals surface area contributed by atoms with Gasteiger partial charge in [-0.1, -0.05) is 25.4 Å². The molecule has 0 aliphatic carbocycles. The van der Waals surface area contributed by atoms with Crippen LogP contribution in [0.2, 0.25) is 5.02 Å². The van der Waals surface area contributed by atoms with Gasteiger partial charge >= 0.3 is 0 Å². The Morgan fingerprint density at radius 2 is 2.00 bits per heavy atom. The molecule has 1 aromatic heterocycles. The molecule has 4 nitrogen and oxygen atoms in total. The minimum absolute atomic E-state index is 0.0300. The van der Waals surface area contributed by atoms with Crippen molar-refractivity contribution in [2.75, 3.05) is 0 Å². The number of halogens is 1. The normalized spacial score (nSPS) is 13.9. The number of nitrogens with zero attached hydrogens (tertiary/aromatic N) is 2. The lowest BCUT2D eigenvalue weighted by atomic mass is 10.0. The van der Waals surface area contributed by atoms with Gasteiger partial charge in [0.2, 0.25) is 0 Å². The average molecular weight is 231 g/mol. The van der Waals surface area contributed by atoms with E-state index in [1.807, 2.05) is 4.68 Å². The van der Waals surface area contributed by atoms with Crippen molar-refractivity contribution >= 4 is 11.6 Å². The van der Waals surface area contributed by atoms with Crippen LogP contribution in [0.25, 0.3) is 0 Å². The van der Waals surface area contributed by atoms with Gasteiger partial charge in [-0.05, 0) is 19.8 Å². The van der Waals surface area contributed by atoms with Crippen molar-refractivity contribution in [1.82, 2.24) is 15.2 Å². The first-order chi connectivity index (χ1) is 6.99. The van der Waals surface area contributed by atoms with Crippen LogP contribution in [0, 0.1) is 5.92 Å². The van der Waals surface area contributed by atoms with E-state index in [2.05, 4.69) is 38.2 Å². The molecule has 0 radical (unpaired) electrons. The van der Waals surface area contributed by atoms with Gasteiger partial charge in [-0.25, -0.2) is 0 Å². The maximum absolute atomic E-state index is 6.13. The molecule has 1 unspecified atom stereocenters. The zero-order chi connectivity index (χ0) is 11.6. The van der Waals surface area contributed by atoms with Gasteiger partial charge in [0, 0.05) is 6.04 Å². The Balaban J connectivity index is 3.14. The predicted octanol–water partition coefficient (Wildman–Crippen LogP) is 2.28. The molecule has 15 heavy (non-hydrogen) atoms. The molecule has 0 bridgehead atoms. The summed E-state index contributed by atoms with van der Waals surface area (Å²) in [4.78, 5) is 0. The summed E-state index contributed by atoms with van der Waals surface area (Å²) in [5, 5.41) is 4.92. The van der Waals surface area contributed by atoms with Crippen LogP contribution in [0.3, 0.4) is 0 Å². The molecule has 0 saturated heterocycles. The van der Waals surface area contributed by atoms with Gasteiger partial charge in [0.1, 0.15) is 0 Å². The molecule has 0 aliphatic rings. The molecule has 3 N–H and O–H groups in total. The number of hydrogen-bond acceptors (Lipinski definition) is 3. The van der Waals surface area contributed by atoms with E-state index in [-0.39, 0.29) is 12.1 Å². The fraction of sp³-hybridized carbons (Fsp3) is 0.700. The van der Waals surface area contributed by atoms with Gasteiger partial charge in [-0.3, -0.25) is 16.0 Å². The standard InChI is InChI=1S/C10H19ClN4/c1-6(2)9(14-12)10-8(11)5-13-15(10)7(3)4/h5-7,9,14H,12H2,1-4H3. The predicted molar refractivity (Wildman–Crippen MR) is 62.5 cm³/mol. The summed E-state index contributed by atoms with van der Waals surface area (Å²) in [5.74, 6) is 5.92. The van der Waals surface area contributed by atoms with Crippen LogP contribution in [0.5, 0.6) is 0 Å². The summed E-state index contributed by atoms with van der Waals surface area (Å²) in [6.45, 7) is 8.33. The molecule has 0 spiro atoms. The first-order valence-corrected chi connectivity index (χ1v) is 5.55.